The van der Waals surface area contributed by atoms with Crippen LogP contribution in [-0.4, -0.2) is 30.9 Å². The summed E-state index contributed by atoms with van der Waals surface area (Å²) in [4.78, 5) is 0. The van der Waals surface area contributed by atoms with E-state index in [1.54, 1.807) is 18.2 Å². The lowest BCUT2D eigenvalue weighted by molar-refractivity contribution is 0.106. The fourth-order valence-electron chi connectivity index (χ4n) is 2.00. The highest BCUT2D eigenvalue weighted by atomic mass is 16.5. The zero-order valence-corrected chi connectivity index (χ0v) is 13.0. The molecule has 0 fully saturated rings. The average Bonchev–Trinajstić information content (AvgIpc) is 2.48. The van der Waals surface area contributed by atoms with Gasteiger partial charge >= 0.3 is 0 Å². The molecule has 1 atom stereocenters. The van der Waals surface area contributed by atoms with Crippen LogP contribution in [0.3, 0.4) is 0 Å². The van der Waals surface area contributed by atoms with Crippen LogP contribution >= 0.6 is 0 Å². The topological polar surface area (TPSA) is 65.3 Å². The van der Waals surface area contributed by atoms with Crippen LogP contribution in [-0.2, 0) is 0 Å². The van der Waals surface area contributed by atoms with E-state index in [1.165, 1.54) is 12.8 Å². The Morgan fingerprint density at radius 3 is 2.76 bits per heavy atom. The molecule has 1 aromatic rings. The number of benzene rings is 1. The van der Waals surface area contributed by atoms with Crippen molar-refractivity contribution in [2.45, 2.75) is 39.2 Å². The number of nitrogens with one attached hydrogen (secondary N) is 1. The third kappa shape index (κ3) is 7.69. The molecular formula is C17H26N2O2. The molecule has 0 bridgehead atoms. The minimum Gasteiger partial charge on any atom is -0.489 e. The van der Waals surface area contributed by atoms with Gasteiger partial charge in [0.25, 0.3) is 0 Å². The molecule has 4 nitrogen and oxygen atoms in total. The molecule has 0 saturated carbocycles. The van der Waals surface area contributed by atoms with Gasteiger partial charge < -0.3 is 15.2 Å². The van der Waals surface area contributed by atoms with Gasteiger partial charge in [-0.15, -0.1) is 0 Å². The first-order valence-corrected chi connectivity index (χ1v) is 7.64. The number of nitriles is 1. The van der Waals surface area contributed by atoms with E-state index in [9.17, 15) is 5.11 Å². The van der Waals surface area contributed by atoms with Gasteiger partial charge in [0.2, 0.25) is 0 Å². The van der Waals surface area contributed by atoms with E-state index in [1.807, 2.05) is 6.07 Å². The number of aliphatic hydroxyl groups excluding tert-OH is 1. The minimum atomic E-state index is -0.568. The Labute approximate surface area is 127 Å². The van der Waals surface area contributed by atoms with Gasteiger partial charge in [-0.1, -0.05) is 38.8 Å². The Bertz CT molecular complexity index is 441. The lowest BCUT2D eigenvalue weighted by Crippen LogP contribution is -2.32. The quantitative estimate of drug-likeness (QED) is 0.650. The molecule has 0 radical (unpaired) electrons. The van der Waals surface area contributed by atoms with E-state index in [0.717, 1.165) is 18.9 Å². The van der Waals surface area contributed by atoms with E-state index in [2.05, 4.69) is 25.2 Å². The molecule has 2 N–H and O–H groups in total. The van der Waals surface area contributed by atoms with Gasteiger partial charge in [-0.25, -0.2) is 0 Å². The number of ether oxygens (including phenoxy) is 1. The Morgan fingerprint density at radius 1 is 1.29 bits per heavy atom. The summed E-state index contributed by atoms with van der Waals surface area (Å²) in [5, 5.41) is 22.0. The smallest absolute Gasteiger partial charge is 0.137 e. The number of nitrogens with zero attached hydrogens (tertiary/aromatic N) is 1. The lowest BCUT2D eigenvalue weighted by atomic mass is 10.1. The highest BCUT2D eigenvalue weighted by molar-refractivity contribution is 5.42. The summed E-state index contributed by atoms with van der Waals surface area (Å²) >= 11 is 0. The molecule has 1 aromatic carbocycles. The van der Waals surface area contributed by atoms with Crippen LogP contribution < -0.4 is 10.1 Å². The van der Waals surface area contributed by atoms with E-state index in [-0.39, 0.29) is 6.61 Å². The second-order valence-corrected chi connectivity index (χ2v) is 5.67. The van der Waals surface area contributed by atoms with Gasteiger partial charge in [-0.2, -0.15) is 5.26 Å². The number of rotatable bonds is 10. The average molecular weight is 290 g/mol. The first-order chi connectivity index (χ1) is 10.1. The molecule has 0 saturated heterocycles. The molecule has 4 heteroatoms. The van der Waals surface area contributed by atoms with Gasteiger partial charge in [-0.05, 0) is 31.0 Å². The van der Waals surface area contributed by atoms with E-state index in [0.29, 0.717) is 17.9 Å². The molecular weight excluding hydrogens is 264 g/mol. The Kier molecular flexibility index (Phi) is 8.49. The van der Waals surface area contributed by atoms with Crippen molar-refractivity contribution < 1.29 is 9.84 Å². The molecule has 0 aromatic heterocycles. The number of para-hydroxylation sites is 1. The number of hydrogen-bond donors (Lipinski definition) is 2. The summed E-state index contributed by atoms with van der Waals surface area (Å²) in [5.74, 6) is 1.28. The monoisotopic (exact) mass is 290 g/mol. The van der Waals surface area contributed by atoms with Gasteiger partial charge in [0, 0.05) is 6.54 Å². The van der Waals surface area contributed by atoms with Crippen molar-refractivity contribution in [1.82, 2.24) is 5.32 Å². The molecule has 1 unspecified atom stereocenters. The second kappa shape index (κ2) is 10.2. The van der Waals surface area contributed by atoms with Gasteiger partial charge in [0.05, 0.1) is 5.56 Å². The van der Waals surface area contributed by atoms with Crippen LogP contribution in [0.15, 0.2) is 24.3 Å². The SMILES string of the molecule is CC(C)CCCCNCC(O)COc1ccccc1C#N. The first kappa shape index (κ1) is 17.5. The molecule has 116 valence electrons. The van der Waals surface area contributed by atoms with Crippen LogP contribution in [0.4, 0.5) is 0 Å². The largest absolute Gasteiger partial charge is 0.489 e. The highest BCUT2D eigenvalue weighted by Gasteiger charge is 2.07. The van der Waals surface area contributed by atoms with Crippen LogP contribution in [0.25, 0.3) is 0 Å². The third-order valence-electron chi connectivity index (χ3n) is 3.20. The molecule has 21 heavy (non-hydrogen) atoms. The van der Waals surface area contributed by atoms with Crippen LogP contribution in [0.2, 0.25) is 0 Å². The van der Waals surface area contributed by atoms with Crippen molar-refractivity contribution >= 4 is 0 Å². The second-order valence-electron chi connectivity index (χ2n) is 5.67. The molecule has 0 aliphatic rings. The number of unbranched alkanes of at least 4 members (excludes halogenated alkanes) is 1. The van der Waals surface area contributed by atoms with Crippen molar-refractivity contribution in [3.8, 4) is 11.8 Å². The normalized spacial score (nSPS) is 12.1. The maximum atomic E-state index is 9.85. The van der Waals surface area contributed by atoms with Crippen molar-refractivity contribution in [3.63, 3.8) is 0 Å². The van der Waals surface area contributed by atoms with Crippen LogP contribution in [0.5, 0.6) is 5.75 Å². The Hall–Kier alpha value is -1.57. The third-order valence-corrected chi connectivity index (χ3v) is 3.20. The van der Waals surface area contributed by atoms with Crippen molar-refractivity contribution in [3.05, 3.63) is 29.8 Å². The van der Waals surface area contributed by atoms with Crippen LogP contribution in [0.1, 0.15) is 38.7 Å². The van der Waals surface area contributed by atoms with E-state index < -0.39 is 6.10 Å². The summed E-state index contributed by atoms with van der Waals surface area (Å²) in [7, 11) is 0. The molecule has 1 rings (SSSR count). The fraction of sp³-hybridized carbons (Fsp3) is 0.588. The maximum Gasteiger partial charge on any atom is 0.137 e. The Morgan fingerprint density at radius 2 is 2.05 bits per heavy atom. The predicted octanol–water partition coefficient (Wildman–Crippen LogP) is 2.71. The minimum absolute atomic E-state index is 0.192. The summed E-state index contributed by atoms with van der Waals surface area (Å²) in [6, 6.07) is 9.12. The molecule has 0 amide bonds. The molecule has 0 aliphatic heterocycles. The van der Waals surface area contributed by atoms with E-state index >= 15 is 0 Å². The molecule has 0 spiro atoms. The zero-order valence-electron chi connectivity index (χ0n) is 13.0. The van der Waals surface area contributed by atoms with Gasteiger partial charge in [0.1, 0.15) is 24.5 Å². The molecule has 0 heterocycles. The lowest BCUT2D eigenvalue weighted by Gasteiger charge is -2.14. The summed E-state index contributed by atoms with van der Waals surface area (Å²) in [5.41, 5.74) is 0.492. The van der Waals surface area contributed by atoms with Gasteiger partial charge in [-0.3, -0.25) is 0 Å². The maximum absolute atomic E-state index is 9.85. The number of hydrogen-bond acceptors (Lipinski definition) is 4. The Balaban J connectivity index is 2.14. The van der Waals surface area contributed by atoms with E-state index in [4.69, 9.17) is 10.00 Å². The highest BCUT2D eigenvalue weighted by Crippen LogP contribution is 2.16. The molecule has 0 aliphatic carbocycles. The van der Waals surface area contributed by atoms with Gasteiger partial charge in [0.15, 0.2) is 0 Å². The summed E-state index contributed by atoms with van der Waals surface area (Å²) in [6.45, 7) is 6.08. The first-order valence-electron chi connectivity index (χ1n) is 7.64. The fourth-order valence-corrected chi connectivity index (χ4v) is 2.00. The van der Waals surface area contributed by atoms with Crippen LogP contribution in [0, 0.1) is 17.2 Å². The summed E-state index contributed by atoms with van der Waals surface area (Å²) in [6.07, 6.45) is 3.02. The van der Waals surface area contributed by atoms with Crippen molar-refractivity contribution in [1.29, 1.82) is 5.26 Å². The number of aliphatic hydroxyl groups is 1. The summed E-state index contributed by atoms with van der Waals surface area (Å²) < 4.78 is 5.49. The predicted molar refractivity (Wildman–Crippen MR) is 84.2 cm³/mol. The van der Waals surface area contributed by atoms with Crippen molar-refractivity contribution in [2.24, 2.45) is 5.92 Å². The van der Waals surface area contributed by atoms with Crippen molar-refractivity contribution in [2.75, 3.05) is 19.7 Å². The zero-order chi connectivity index (χ0) is 15.5. The standard InChI is InChI=1S/C17H26N2O2/c1-14(2)7-5-6-10-19-12-16(20)13-21-17-9-4-3-8-15(17)11-18/h3-4,8-9,14,16,19-20H,5-7,10,12-13H2,1-2H3.